The Hall–Kier alpha value is -6.56. The van der Waals surface area contributed by atoms with Gasteiger partial charge >= 0.3 is 0 Å². The van der Waals surface area contributed by atoms with Crippen molar-refractivity contribution in [2.45, 2.75) is 55.4 Å². The third-order valence-corrected chi connectivity index (χ3v) is 12.3. The van der Waals surface area contributed by atoms with Crippen LogP contribution < -0.4 is 21.4 Å². The number of fused-ring (bicyclic) bond motifs is 8. The molecule has 8 aromatic rings. The van der Waals surface area contributed by atoms with Crippen LogP contribution in [-0.2, 0) is 28.2 Å². The van der Waals surface area contributed by atoms with Gasteiger partial charge in [0.05, 0.1) is 89.2 Å². The van der Waals surface area contributed by atoms with Crippen molar-refractivity contribution in [3.63, 3.8) is 0 Å². The van der Waals surface area contributed by atoms with Gasteiger partial charge in [0, 0.05) is 51.0 Å². The van der Waals surface area contributed by atoms with E-state index in [1.807, 2.05) is 0 Å². The molecule has 8 aromatic heterocycles. The summed E-state index contributed by atoms with van der Waals surface area (Å²) < 4.78 is 8.68. The highest BCUT2D eigenvalue weighted by atomic mass is 15.1. The molecule has 284 valence electrons. The van der Waals surface area contributed by atoms with Gasteiger partial charge in [-0.1, -0.05) is 0 Å². The Morgan fingerprint density at radius 1 is 0.321 bits per heavy atom. The van der Waals surface area contributed by atoms with Gasteiger partial charge in [-0.05, 0) is 104 Å². The number of H-pyrrole nitrogens is 4. The second kappa shape index (κ2) is 12.5. The number of hydrogen-bond acceptors (Lipinski definition) is 4. The van der Waals surface area contributed by atoms with Crippen molar-refractivity contribution in [1.82, 2.24) is 58.1 Å². The van der Waals surface area contributed by atoms with E-state index in [1.165, 1.54) is 0 Å². The summed E-state index contributed by atoms with van der Waals surface area (Å²) in [5.41, 5.74) is 15.9. The van der Waals surface area contributed by atoms with E-state index >= 15 is 0 Å². The molecule has 8 bridgehead atoms. The van der Waals surface area contributed by atoms with Crippen molar-refractivity contribution >= 4 is 22.3 Å². The van der Waals surface area contributed by atoms with Gasteiger partial charge in [-0.3, -0.25) is 0 Å². The normalized spacial score (nSPS) is 13.2. The zero-order valence-electron chi connectivity index (χ0n) is 34.2. The van der Waals surface area contributed by atoms with E-state index in [9.17, 15) is 0 Å². The van der Waals surface area contributed by atoms with Crippen LogP contribution in [0.15, 0.2) is 48.5 Å². The van der Waals surface area contributed by atoms with E-state index in [4.69, 9.17) is 19.9 Å². The summed E-state index contributed by atoms with van der Waals surface area (Å²) in [6, 6.07) is 17.2. The molecule has 0 aromatic carbocycles. The number of nitrogens with zero attached hydrogens (tertiary/aromatic N) is 8. The first-order chi connectivity index (χ1) is 26.7. The summed E-state index contributed by atoms with van der Waals surface area (Å²) in [5, 5.41) is 3.72. The highest BCUT2D eigenvalue weighted by Crippen LogP contribution is 2.29. The molecule has 9 heterocycles. The second-order valence-corrected chi connectivity index (χ2v) is 15.3. The number of aryl methyl sites for hydroxylation is 4. The lowest BCUT2D eigenvalue weighted by Crippen LogP contribution is -2.21. The summed E-state index contributed by atoms with van der Waals surface area (Å²) in [6.45, 7) is 16.7. The zero-order chi connectivity index (χ0) is 39.5. The van der Waals surface area contributed by atoms with Gasteiger partial charge in [0.15, 0.2) is 0 Å². The van der Waals surface area contributed by atoms with Crippen LogP contribution in [0.4, 0.5) is 0 Å². The number of aromatic amines is 4. The quantitative estimate of drug-likeness (QED) is 0.219. The van der Waals surface area contributed by atoms with Gasteiger partial charge in [-0.25, -0.2) is 19.9 Å². The first-order valence-electron chi connectivity index (χ1n) is 19.0. The number of nitrogens with one attached hydrogen (secondary N) is 4. The van der Waals surface area contributed by atoms with Gasteiger partial charge in [0.1, 0.15) is 23.3 Å². The lowest BCUT2D eigenvalue weighted by molar-refractivity contribution is 0.847. The summed E-state index contributed by atoms with van der Waals surface area (Å²) in [7, 11) is 8.33. The maximum Gasteiger partial charge on any atom is 0.144 e. The molecule has 12 nitrogen and oxygen atoms in total. The first kappa shape index (κ1) is 35.2. The monoisotopic (exact) mass is 744 g/mol. The van der Waals surface area contributed by atoms with Gasteiger partial charge < -0.3 is 38.2 Å². The largest absolute Gasteiger partial charge is 0.354 e. The van der Waals surface area contributed by atoms with E-state index in [0.29, 0.717) is 0 Å². The average Bonchev–Trinajstić information content (AvgIpc) is 4.07. The highest BCUT2D eigenvalue weighted by molar-refractivity contribution is 5.82. The fraction of sp³-hybridized carbons (Fsp3) is 0.273. The fourth-order valence-electron chi connectivity index (χ4n) is 8.05. The van der Waals surface area contributed by atoms with Gasteiger partial charge in [-0.2, -0.15) is 0 Å². The van der Waals surface area contributed by atoms with Crippen LogP contribution in [0.5, 0.6) is 0 Å². The van der Waals surface area contributed by atoms with E-state index in [2.05, 4.69) is 170 Å². The van der Waals surface area contributed by atoms with Crippen molar-refractivity contribution in [2.24, 2.45) is 28.2 Å². The Morgan fingerprint density at radius 3 is 0.714 bits per heavy atom. The lowest BCUT2D eigenvalue weighted by Gasteiger charge is -2.10. The maximum atomic E-state index is 5.13. The molecule has 0 saturated heterocycles. The molecular weight excluding hydrogens is 697 g/mol. The van der Waals surface area contributed by atoms with Crippen molar-refractivity contribution in [3.05, 3.63) is 162 Å². The molecule has 9 rings (SSSR count). The number of imidazole rings is 4. The van der Waals surface area contributed by atoms with Crippen LogP contribution in [0.1, 0.15) is 91.6 Å². The van der Waals surface area contributed by atoms with Crippen LogP contribution in [0.2, 0.25) is 0 Å². The summed E-state index contributed by atoms with van der Waals surface area (Å²) >= 11 is 0. The van der Waals surface area contributed by atoms with Crippen LogP contribution in [0.25, 0.3) is 22.3 Å². The molecule has 0 amide bonds. The third-order valence-electron chi connectivity index (χ3n) is 12.3. The highest BCUT2D eigenvalue weighted by Gasteiger charge is 2.25. The molecule has 0 saturated carbocycles. The average molecular weight is 745 g/mol. The molecule has 1 aliphatic rings. The molecule has 0 atom stereocenters. The minimum absolute atomic E-state index is 0.864. The molecular formula is C44H48N12. The Bertz CT molecular complexity index is 2750. The molecule has 4 N–H and O–H groups in total. The Balaban J connectivity index is 1.48. The second-order valence-electron chi connectivity index (χ2n) is 15.3. The maximum absolute atomic E-state index is 5.13. The summed E-state index contributed by atoms with van der Waals surface area (Å²) in [4.78, 5) is 36.0. The van der Waals surface area contributed by atoms with Crippen molar-refractivity contribution in [3.8, 4) is 0 Å². The van der Waals surface area contributed by atoms with Crippen molar-refractivity contribution in [1.29, 1.82) is 0 Å². The minimum Gasteiger partial charge on any atom is -0.354 e. The van der Waals surface area contributed by atoms with Crippen LogP contribution in [-0.4, -0.2) is 58.1 Å². The SMILES string of the molecule is Cc1nc(C2=c3ccc([nH]3)=C(c3nc(C)c(C)n3C)c3ccc([nH]3)C(c3nc(C)c(C)n3C)=c3ccc([nH]3)=C(c3nc(C)c(C)n3C)c3ccc2[nH]3)n(C)c1C. The summed E-state index contributed by atoms with van der Waals surface area (Å²) in [6.07, 6.45) is 0. The summed E-state index contributed by atoms with van der Waals surface area (Å²) in [5.74, 6) is 3.45. The molecule has 0 unspecified atom stereocenters. The number of hydrogen-bond donors (Lipinski definition) is 4. The van der Waals surface area contributed by atoms with Gasteiger partial charge in [0.25, 0.3) is 0 Å². The molecule has 0 aliphatic carbocycles. The van der Waals surface area contributed by atoms with Crippen LogP contribution in [0.3, 0.4) is 0 Å². The van der Waals surface area contributed by atoms with E-state index in [0.717, 1.165) is 135 Å². The van der Waals surface area contributed by atoms with Crippen LogP contribution >= 0.6 is 0 Å². The zero-order valence-corrected chi connectivity index (χ0v) is 34.2. The molecule has 1 aliphatic heterocycles. The predicted octanol–water partition coefficient (Wildman–Crippen LogP) is 3.70. The van der Waals surface area contributed by atoms with Gasteiger partial charge in [0.2, 0.25) is 0 Å². The van der Waals surface area contributed by atoms with E-state index < -0.39 is 0 Å². The van der Waals surface area contributed by atoms with E-state index in [1.54, 1.807) is 0 Å². The first-order valence-corrected chi connectivity index (χ1v) is 19.0. The smallest absolute Gasteiger partial charge is 0.144 e. The number of aromatic nitrogens is 12. The molecule has 0 radical (unpaired) electrons. The third kappa shape index (κ3) is 5.11. The van der Waals surface area contributed by atoms with Crippen LogP contribution in [0, 0.1) is 55.4 Å². The standard InChI is InChI=1S/C44H48N12/c1-21-25(5)53(9)41(45-21)37-29-13-15-31(49-29)38(42-46-22(2)26(6)54(42)10)33-17-19-35(51-33)40(44-48-24(4)28(8)56(44)12)36-20-18-34(52-36)39(32-16-14-30(37)50-32)43-47-23(3)27(7)55(43)11/h13-20,49-52H,1-12H3. The molecule has 12 heteroatoms. The van der Waals surface area contributed by atoms with E-state index in [-0.39, 0.29) is 0 Å². The Morgan fingerprint density at radius 2 is 0.536 bits per heavy atom. The molecule has 0 fully saturated rings. The number of rotatable bonds is 4. The lowest BCUT2D eigenvalue weighted by atomic mass is 10.1. The van der Waals surface area contributed by atoms with Crippen molar-refractivity contribution < 1.29 is 0 Å². The topological polar surface area (TPSA) is 134 Å². The minimum atomic E-state index is 0.864. The Labute approximate surface area is 324 Å². The molecule has 56 heavy (non-hydrogen) atoms. The fourth-order valence-corrected chi connectivity index (χ4v) is 8.05. The Kier molecular flexibility index (Phi) is 7.84. The predicted molar refractivity (Wildman–Crippen MR) is 219 cm³/mol. The van der Waals surface area contributed by atoms with Crippen molar-refractivity contribution in [2.75, 3.05) is 0 Å². The van der Waals surface area contributed by atoms with Gasteiger partial charge in [-0.15, -0.1) is 0 Å². The molecule has 0 spiro atoms.